The highest BCUT2D eigenvalue weighted by Crippen LogP contribution is 2.05. The summed E-state index contributed by atoms with van der Waals surface area (Å²) in [6.07, 6.45) is 1.57. The van der Waals surface area contributed by atoms with E-state index < -0.39 is 5.97 Å². The molecule has 0 amide bonds. The number of thioether (sulfide) groups is 1. The van der Waals surface area contributed by atoms with Gasteiger partial charge in [0, 0.05) is 16.0 Å². The van der Waals surface area contributed by atoms with Gasteiger partial charge in [-0.25, -0.2) is 0 Å². The van der Waals surface area contributed by atoms with Crippen molar-refractivity contribution in [3.05, 3.63) is 0 Å². The molecule has 0 fully saturated rings. The maximum absolute atomic E-state index is 10.0. The lowest BCUT2D eigenvalue weighted by Crippen LogP contribution is -1.96. The van der Waals surface area contributed by atoms with Gasteiger partial charge in [0.15, 0.2) is 0 Å². The summed E-state index contributed by atoms with van der Waals surface area (Å²) in [5.74, 6) is 1.23. The Kier molecular flexibility index (Phi) is 7.17. The van der Waals surface area contributed by atoms with Crippen molar-refractivity contribution in [1.29, 1.82) is 0 Å². The van der Waals surface area contributed by atoms with Crippen molar-refractivity contribution in [3.8, 4) is 0 Å². The van der Waals surface area contributed by atoms with E-state index in [-0.39, 0.29) is 0 Å². The topological polar surface area (TPSA) is 37.3 Å². The van der Waals surface area contributed by atoms with Gasteiger partial charge in [0.05, 0.1) is 6.42 Å². The van der Waals surface area contributed by atoms with Gasteiger partial charge in [0.2, 0.25) is 0 Å². The first-order valence-electron chi connectivity index (χ1n) is 3.57. The van der Waals surface area contributed by atoms with E-state index in [1.54, 1.807) is 11.8 Å². The third kappa shape index (κ3) is 8.04. The van der Waals surface area contributed by atoms with Crippen LogP contribution in [0.15, 0.2) is 0 Å². The van der Waals surface area contributed by atoms with Gasteiger partial charge >= 0.3 is 5.97 Å². The summed E-state index contributed by atoms with van der Waals surface area (Å²) in [6, 6.07) is 1.33. The van der Waals surface area contributed by atoms with Crippen LogP contribution >= 0.6 is 11.8 Å². The van der Waals surface area contributed by atoms with Crippen molar-refractivity contribution in [2.45, 2.75) is 18.9 Å². The minimum Gasteiger partial charge on any atom is -0.481 e. The smallest absolute Gasteiger partial charge is 0.304 e. The Bertz CT molecular complexity index is 97.7. The number of hydrogen-bond donors (Lipinski definition) is 1. The summed E-state index contributed by atoms with van der Waals surface area (Å²) in [5, 5.41) is 8.26. The van der Waals surface area contributed by atoms with Crippen molar-refractivity contribution >= 4 is 28.0 Å². The van der Waals surface area contributed by atoms with Crippen LogP contribution < -0.4 is 0 Å². The lowest BCUT2D eigenvalue weighted by molar-refractivity contribution is -0.136. The normalized spacial score (nSPS) is 10.0. The van der Waals surface area contributed by atoms with E-state index in [1.807, 2.05) is 0 Å². The average molecular weight is 178 g/mol. The van der Waals surface area contributed by atoms with E-state index >= 15 is 0 Å². The molecule has 0 radical (unpaired) electrons. The number of carboxylic acids is 1. The molecule has 10 heavy (non-hydrogen) atoms. The molecule has 0 aliphatic heterocycles. The minimum atomic E-state index is -0.682. The summed E-state index contributed by atoms with van der Waals surface area (Å²) in [7, 11) is 1.27. The fourth-order valence-corrected chi connectivity index (χ4v) is 2.39. The molecule has 0 unspecified atom stereocenters. The molecule has 1 N–H and O–H groups in total. The van der Waals surface area contributed by atoms with Crippen LogP contribution in [-0.4, -0.2) is 32.8 Å². The van der Waals surface area contributed by atoms with Gasteiger partial charge in [-0.05, 0) is 12.2 Å². The van der Waals surface area contributed by atoms with Crippen LogP contribution in [0.25, 0.3) is 0 Å². The van der Waals surface area contributed by atoms with Gasteiger partial charge in [-0.2, -0.15) is 11.8 Å². The first-order valence-corrected chi connectivity index (χ1v) is 6.13. The second-order valence-corrected chi connectivity index (χ2v) is 4.33. The van der Waals surface area contributed by atoms with E-state index in [2.05, 4.69) is 0 Å². The minimum absolute atomic E-state index is 0.311. The van der Waals surface area contributed by atoms with Crippen molar-refractivity contribution in [2.75, 3.05) is 11.5 Å². The summed E-state index contributed by atoms with van der Waals surface area (Å²) >= 11 is 1.75. The lowest BCUT2D eigenvalue weighted by Gasteiger charge is -1.95. The van der Waals surface area contributed by atoms with E-state index in [1.165, 1.54) is 22.7 Å². The van der Waals surface area contributed by atoms with E-state index in [0.29, 0.717) is 6.42 Å². The molecule has 0 saturated heterocycles. The highest BCUT2D eigenvalue weighted by atomic mass is 32.2. The van der Waals surface area contributed by atoms with Crippen molar-refractivity contribution < 1.29 is 9.90 Å². The Morgan fingerprint density at radius 2 is 2.20 bits per heavy atom. The second kappa shape index (κ2) is 7.15. The fraction of sp³-hybridized carbons (Fsp3) is 0.833. The zero-order valence-electron chi connectivity index (χ0n) is 6.30. The average Bonchev–Trinajstić information content (AvgIpc) is 1.87. The molecule has 0 atom stereocenters. The third-order valence-electron chi connectivity index (χ3n) is 1.10. The summed E-state index contributed by atoms with van der Waals surface area (Å²) in [4.78, 5) is 10.0. The van der Waals surface area contributed by atoms with Crippen LogP contribution in [0.2, 0.25) is 6.04 Å². The highest BCUT2D eigenvalue weighted by molar-refractivity contribution is 7.99. The zero-order chi connectivity index (χ0) is 7.82. The van der Waals surface area contributed by atoms with Crippen LogP contribution in [0.5, 0.6) is 0 Å². The molecular weight excluding hydrogens is 164 g/mol. The molecule has 2 nitrogen and oxygen atoms in total. The Labute approximate surface area is 68.8 Å². The molecule has 0 aliphatic rings. The van der Waals surface area contributed by atoms with Gasteiger partial charge in [0.25, 0.3) is 0 Å². The van der Waals surface area contributed by atoms with Gasteiger partial charge < -0.3 is 5.11 Å². The summed E-state index contributed by atoms with van der Waals surface area (Å²) < 4.78 is 0. The predicted molar refractivity (Wildman–Crippen MR) is 48.9 cm³/mol. The van der Waals surface area contributed by atoms with Gasteiger partial charge in [-0.1, -0.05) is 6.04 Å². The second-order valence-electron chi connectivity index (χ2n) is 2.11. The van der Waals surface area contributed by atoms with Gasteiger partial charge in [0.1, 0.15) is 0 Å². The maximum atomic E-state index is 10.0. The Hall–Kier alpha value is 0.0369. The number of carboxylic acid groups (broad SMARTS) is 1. The van der Waals surface area contributed by atoms with Crippen LogP contribution in [-0.2, 0) is 4.79 Å². The van der Waals surface area contributed by atoms with E-state index in [9.17, 15) is 4.79 Å². The molecule has 0 aliphatic carbocycles. The molecule has 0 spiro atoms. The number of hydrogen-bond acceptors (Lipinski definition) is 2. The van der Waals surface area contributed by atoms with Gasteiger partial charge in [-0.15, -0.1) is 0 Å². The van der Waals surface area contributed by atoms with E-state index in [4.69, 9.17) is 5.11 Å². The monoisotopic (exact) mass is 178 g/mol. The molecule has 0 aromatic carbocycles. The van der Waals surface area contributed by atoms with Crippen molar-refractivity contribution in [1.82, 2.24) is 0 Å². The largest absolute Gasteiger partial charge is 0.481 e. The standard InChI is InChI=1S/C6H14O2SSi/c7-6(8)2-4-9-3-1-5-10/h1-5H2,10H3,(H,7,8). The summed E-state index contributed by atoms with van der Waals surface area (Å²) in [5.41, 5.74) is 0. The fourth-order valence-electron chi connectivity index (χ4n) is 0.508. The van der Waals surface area contributed by atoms with Crippen LogP contribution in [0.4, 0.5) is 0 Å². The number of aliphatic carboxylic acids is 1. The van der Waals surface area contributed by atoms with Crippen molar-refractivity contribution in [2.24, 2.45) is 0 Å². The number of rotatable bonds is 6. The van der Waals surface area contributed by atoms with E-state index in [0.717, 1.165) is 11.5 Å². The maximum Gasteiger partial charge on any atom is 0.304 e. The van der Waals surface area contributed by atoms with Crippen LogP contribution in [0.1, 0.15) is 12.8 Å². The molecule has 0 saturated carbocycles. The first-order chi connectivity index (χ1) is 4.77. The zero-order valence-corrected chi connectivity index (χ0v) is 9.12. The van der Waals surface area contributed by atoms with Gasteiger partial charge in [-0.3, -0.25) is 4.79 Å². The van der Waals surface area contributed by atoms with Crippen molar-refractivity contribution in [3.63, 3.8) is 0 Å². The SMILES string of the molecule is O=C(O)CCSCCC[SiH3]. The molecule has 0 aromatic heterocycles. The van der Waals surface area contributed by atoms with Crippen LogP contribution in [0, 0.1) is 0 Å². The lowest BCUT2D eigenvalue weighted by atomic mass is 10.5. The molecule has 0 aromatic rings. The first kappa shape index (κ1) is 10.0. The quantitative estimate of drug-likeness (QED) is 0.471. The molecule has 60 valence electrons. The molecule has 0 rings (SSSR count). The number of carbonyl (C=O) groups is 1. The molecule has 0 heterocycles. The third-order valence-corrected chi connectivity index (χ3v) is 2.88. The molecular formula is C6H14O2SSi. The highest BCUT2D eigenvalue weighted by Gasteiger charge is 1.94. The Morgan fingerprint density at radius 3 is 2.70 bits per heavy atom. The van der Waals surface area contributed by atoms with Crippen LogP contribution in [0.3, 0.4) is 0 Å². The Balaban J connectivity index is 2.84. The summed E-state index contributed by atoms with van der Waals surface area (Å²) in [6.45, 7) is 0. The predicted octanol–water partition coefficient (Wildman–Crippen LogP) is 0.368. The molecule has 0 bridgehead atoms. The Morgan fingerprint density at radius 1 is 1.50 bits per heavy atom. The molecule has 4 heteroatoms.